The van der Waals surface area contributed by atoms with E-state index >= 15 is 0 Å². The molecule has 0 bridgehead atoms. The van der Waals surface area contributed by atoms with Crippen molar-refractivity contribution < 1.29 is 27.4 Å². The highest BCUT2D eigenvalue weighted by Gasteiger charge is 2.42. The lowest BCUT2D eigenvalue weighted by Gasteiger charge is -2.38. The minimum atomic E-state index is -5.02. The lowest BCUT2D eigenvalue weighted by atomic mass is 9.84. The largest absolute Gasteiger partial charge is 0.491 e. The topological polar surface area (TPSA) is 35.5 Å². The van der Waals surface area contributed by atoms with Crippen LogP contribution in [-0.4, -0.2) is 17.7 Å². The Morgan fingerprint density at radius 3 is 2.11 bits per heavy atom. The molecule has 0 aliphatic carbocycles. The van der Waals surface area contributed by atoms with Crippen LogP contribution in [0.15, 0.2) is 6.07 Å². The van der Waals surface area contributed by atoms with Crippen molar-refractivity contribution in [3.05, 3.63) is 22.8 Å². The summed E-state index contributed by atoms with van der Waals surface area (Å²) in [6, 6.07) is 1.48. The maximum absolute atomic E-state index is 12.7. The van der Waals surface area contributed by atoms with Crippen LogP contribution in [-0.2, 0) is 11.2 Å². The molecule has 36 heavy (non-hydrogen) atoms. The Bertz CT molecular complexity index is 862. The average molecular weight is 513 g/mol. The predicted molar refractivity (Wildman–Crippen MR) is 140 cm³/mol. The van der Waals surface area contributed by atoms with E-state index in [4.69, 9.17) is 4.74 Å². The molecule has 0 amide bonds. The number of esters is 1. The minimum Gasteiger partial charge on any atom is -0.487 e. The number of ether oxygens (including phenoxy) is 2. The Labute approximate surface area is 216 Å². The number of rotatable bonds is 13. The van der Waals surface area contributed by atoms with Crippen LogP contribution in [0.25, 0.3) is 0 Å². The summed E-state index contributed by atoms with van der Waals surface area (Å²) in [4.78, 5) is 11.3. The van der Waals surface area contributed by atoms with Crippen LogP contribution >= 0.6 is 0 Å². The van der Waals surface area contributed by atoms with Gasteiger partial charge in [0.15, 0.2) is 0 Å². The molecule has 1 aromatic carbocycles. The van der Waals surface area contributed by atoms with Gasteiger partial charge in [-0.15, -0.1) is 0 Å². The van der Waals surface area contributed by atoms with Crippen molar-refractivity contribution in [2.24, 2.45) is 17.8 Å². The number of alkyl halides is 3. The zero-order valence-electron chi connectivity index (χ0n) is 23.4. The third-order valence-electron chi connectivity index (χ3n) is 7.76. The number of hydrogen-bond acceptors (Lipinski definition) is 3. The summed E-state index contributed by atoms with van der Waals surface area (Å²) in [5.74, 6) is 0.809. The fourth-order valence-electron chi connectivity index (χ4n) is 5.30. The zero-order chi connectivity index (χ0) is 27.1. The summed E-state index contributed by atoms with van der Waals surface area (Å²) in [5.41, 5.74) is 1.79. The number of fused-ring (bicyclic) bond motifs is 1. The van der Waals surface area contributed by atoms with Crippen molar-refractivity contribution in [1.82, 2.24) is 0 Å². The van der Waals surface area contributed by atoms with Crippen LogP contribution in [0.1, 0.15) is 116 Å². The van der Waals surface area contributed by atoms with Crippen molar-refractivity contribution in [3.63, 3.8) is 0 Å². The molecule has 0 spiro atoms. The number of halogens is 3. The summed E-state index contributed by atoms with van der Waals surface area (Å²) in [5, 5.41) is 0. The molecule has 1 aromatic rings. The van der Waals surface area contributed by atoms with Crippen molar-refractivity contribution in [2.75, 3.05) is 0 Å². The van der Waals surface area contributed by atoms with E-state index in [2.05, 4.69) is 39.4 Å². The van der Waals surface area contributed by atoms with Gasteiger partial charge in [-0.05, 0) is 81.4 Å². The maximum Gasteiger partial charge on any atom is 0.491 e. The fourth-order valence-corrected chi connectivity index (χ4v) is 5.30. The molecule has 2 rings (SSSR count). The van der Waals surface area contributed by atoms with E-state index in [1.54, 1.807) is 13.8 Å². The Balaban J connectivity index is 1.83. The molecule has 6 heteroatoms. The molecule has 1 heterocycles. The highest BCUT2D eigenvalue weighted by Crippen LogP contribution is 2.43. The number of hydrogen-bond donors (Lipinski definition) is 0. The van der Waals surface area contributed by atoms with Gasteiger partial charge >= 0.3 is 12.1 Å². The molecule has 0 radical (unpaired) electrons. The maximum atomic E-state index is 12.7. The first-order valence-corrected chi connectivity index (χ1v) is 13.8. The summed E-state index contributed by atoms with van der Waals surface area (Å²) in [7, 11) is 0. The van der Waals surface area contributed by atoms with Crippen LogP contribution in [0, 0.1) is 31.6 Å². The lowest BCUT2D eigenvalue weighted by molar-refractivity contribution is -0.189. The average Bonchev–Trinajstić information content (AvgIpc) is 2.76. The summed E-state index contributed by atoms with van der Waals surface area (Å²) >= 11 is 0. The highest BCUT2D eigenvalue weighted by molar-refractivity contribution is 5.78. The molecule has 0 fully saturated rings. The fraction of sp³-hybridized carbons (Fsp3) is 0.767. The number of carbonyl (C=O) groups is 1. The SMILES string of the molecule is Cc1cc(OC(=O)C(F)(F)F)c(C)c2c1OC(C)(CCCC(C)CCCC(C)CCCC(C)C)CC2. The Morgan fingerprint density at radius 1 is 1.00 bits per heavy atom. The van der Waals surface area contributed by atoms with E-state index in [1.165, 1.54) is 51.0 Å². The minimum absolute atomic E-state index is 0.0381. The quantitative estimate of drug-likeness (QED) is 0.195. The molecule has 0 aromatic heterocycles. The van der Waals surface area contributed by atoms with E-state index < -0.39 is 12.1 Å². The standard InChI is InChI=1S/C30H47F3O3/c1-20(2)11-8-12-21(3)13-9-14-22(4)15-10-17-29(7)18-16-25-24(6)26(19-23(5)27(25)36-29)35-28(34)30(31,32)33/h19-22H,8-18H2,1-7H3. The predicted octanol–water partition coefficient (Wildman–Crippen LogP) is 9.29. The molecule has 1 aliphatic rings. The van der Waals surface area contributed by atoms with Crippen molar-refractivity contribution in [3.8, 4) is 11.5 Å². The van der Waals surface area contributed by atoms with E-state index in [0.717, 1.165) is 42.4 Å². The van der Waals surface area contributed by atoms with Gasteiger partial charge in [-0.2, -0.15) is 13.2 Å². The second-order valence-electron chi connectivity index (χ2n) is 11.9. The van der Waals surface area contributed by atoms with Gasteiger partial charge in [0.1, 0.15) is 17.1 Å². The highest BCUT2D eigenvalue weighted by atomic mass is 19.4. The number of benzene rings is 1. The second-order valence-corrected chi connectivity index (χ2v) is 11.9. The van der Waals surface area contributed by atoms with Gasteiger partial charge in [0.05, 0.1) is 0 Å². The molecule has 1 aliphatic heterocycles. The zero-order valence-corrected chi connectivity index (χ0v) is 23.4. The summed E-state index contributed by atoms with van der Waals surface area (Å²) < 4.78 is 49.1. The summed E-state index contributed by atoms with van der Waals surface area (Å²) in [6.07, 6.45) is 7.59. The van der Waals surface area contributed by atoms with Gasteiger partial charge in [0.2, 0.25) is 0 Å². The first kappa shape index (κ1) is 30.5. The van der Waals surface area contributed by atoms with Gasteiger partial charge in [0.25, 0.3) is 0 Å². The van der Waals surface area contributed by atoms with Crippen molar-refractivity contribution in [1.29, 1.82) is 0 Å². The number of aryl methyl sites for hydroxylation is 1. The van der Waals surface area contributed by atoms with Gasteiger partial charge < -0.3 is 9.47 Å². The van der Waals surface area contributed by atoms with E-state index in [1.807, 2.05) is 0 Å². The third-order valence-corrected chi connectivity index (χ3v) is 7.76. The molecule has 0 saturated carbocycles. The van der Waals surface area contributed by atoms with Gasteiger partial charge in [0, 0.05) is 5.56 Å². The second kappa shape index (κ2) is 13.2. The molecule has 0 saturated heterocycles. The van der Waals surface area contributed by atoms with Crippen LogP contribution in [0.2, 0.25) is 0 Å². The van der Waals surface area contributed by atoms with Gasteiger partial charge in [-0.25, -0.2) is 4.79 Å². The van der Waals surface area contributed by atoms with Crippen LogP contribution in [0.5, 0.6) is 11.5 Å². The molecule has 3 unspecified atom stereocenters. The number of carbonyl (C=O) groups excluding carboxylic acids is 1. The van der Waals surface area contributed by atoms with Gasteiger partial charge in [-0.1, -0.05) is 72.6 Å². The Morgan fingerprint density at radius 2 is 1.56 bits per heavy atom. The molecule has 3 nitrogen and oxygen atoms in total. The monoisotopic (exact) mass is 512 g/mol. The van der Waals surface area contributed by atoms with Crippen molar-refractivity contribution >= 4 is 5.97 Å². The molecule has 206 valence electrons. The summed E-state index contributed by atoms with van der Waals surface area (Å²) in [6.45, 7) is 14.9. The Kier molecular flexibility index (Phi) is 11.2. The molecular formula is C30H47F3O3. The first-order valence-electron chi connectivity index (χ1n) is 13.8. The van der Waals surface area contributed by atoms with E-state index in [9.17, 15) is 18.0 Å². The van der Waals surface area contributed by atoms with Crippen molar-refractivity contribution in [2.45, 2.75) is 131 Å². The molecular weight excluding hydrogens is 465 g/mol. The van der Waals surface area contributed by atoms with Crippen LogP contribution < -0.4 is 9.47 Å². The van der Waals surface area contributed by atoms with Crippen LogP contribution in [0.4, 0.5) is 13.2 Å². The van der Waals surface area contributed by atoms with Crippen LogP contribution in [0.3, 0.4) is 0 Å². The van der Waals surface area contributed by atoms with E-state index in [0.29, 0.717) is 23.5 Å². The first-order chi connectivity index (χ1) is 16.7. The Hall–Kier alpha value is -1.72. The normalized spacial score (nSPS) is 19.5. The molecule has 3 atom stereocenters. The third kappa shape index (κ3) is 9.30. The lowest BCUT2D eigenvalue weighted by Crippen LogP contribution is -2.37. The van der Waals surface area contributed by atoms with Gasteiger partial charge in [-0.3, -0.25) is 0 Å². The van der Waals surface area contributed by atoms with E-state index in [-0.39, 0.29) is 11.4 Å². The molecule has 0 N–H and O–H groups in total. The smallest absolute Gasteiger partial charge is 0.487 e.